The minimum absolute atomic E-state index is 0.0779. The number of amides is 1. The Morgan fingerprint density at radius 3 is 2.48 bits per heavy atom. The maximum atomic E-state index is 12.7. The van der Waals surface area contributed by atoms with Crippen molar-refractivity contribution in [2.24, 2.45) is 5.92 Å². The molecule has 7 heteroatoms. The van der Waals surface area contributed by atoms with Gasteiger partial charge in [0.2, 0.25) is 12.7 Å². The zero-order valence-corrected chi connectivity index (χ0v) is 17.4. The monoisotopic (exact) mass is 395 g/mol. The van der Waals surface area contributed by atoms with Crippen LogP contribution in [0.2, 0.25) is 0 Å². The van der Waals surface area contributed by atoms with E-state index in [4.69, 9.17) is 9.47 Å². The first kappa shape index (κ1) is 20.0. The number of sulfone groups is 1. The normalized spacial score (nSPS) is 18.0. The number of likely N-dealkylation sites (tertiary alicyclic amines) is 1. The number of hydrogen-bond acceptors (Lipinski definition) is 5. The van der Waals surface area contributed by atoms with Gasteiger partial charge in [0, 0.05) is 13.1 Å². The van der Waals surface area contributed by atoms with Crippen molar-refractivity contribution in [3.63, 3.8) is 0 Å². The Morgan fingerprint density at radius 1 is 1.19 bits per heavy atom. The highest BCUT2D eigenvalue weighted by molar-refractivity contribution is 7.92. The third kappa shape index (κ3) is 4.23. The van der Waals surface area contributed by atoms with Crippen LogP contribution in [0.1, 0.15) is 44.7 Å². The summed E-state index contributed by atoms with van der Waals surface area (Å²) in [6, 6.07) is 3.77. The molecule has 27 heavy (non-hydrogen) atoms. The molecular weight excluding hydrogens is 366 g/mol. The number of carbonyl (C=O) groups is 1. The molecule has 0 radical (unpaired) electrons. The molecule has 1 aromatic rings. The van der Waals surface area contributed by atoms with E-state index in [1.165, 1.54) is 0 Å². The summed E-state index contributed by atoms with van der Waals surface area (Å²) < 4.78 is 34.9. The summed E-state index contributed by atoms with van der Waals surface area (Å²) in [5.41, 5.74) is 1.89. The van der Waals surface area contributed by atoms with Gasteiger partial charge in [-0.15, -0.1) is 0 Å². The Bertz CT molecular complexity index is 818. The predicted octanol–water partition coefficient (Wildman–Crippen LogP) is 2.72. The van der Waals surface area contributed by atoms with E-state index in [9.17, 15) is 13.2 Å². The van der Waals surface area contributed by atoms with E-state index >= 15 is 0 Å². The molecule has 0 aromatic heterocycles. The van der Waals surface area contributed by atoms with Crippen LogP contribution in [0.15, 0.2) is 12.1 Å². The molecule has 6 nitrogen and oxygen atoms in total. The molecule has 0 N–H and O–H groups in total. The second-order valence-electron chi connectivity index (χ2n) is 8.48. The van der Waals surface area contributed by atoms with Crippen LogP contribution in [-0.2, 0) is 21.1 Å². The molecule has 0 saturated carbocycles. The van der Waals surface area contributed by atoms with Crippen LogP contribution < -0.4 is 9.47 Å². The molecule has 2 heterocycles. The Morgan fingerprint density at radius 2 is 1.85 bits per heavy atom. The van der Waals surface area contributed by atoms with E-state index in [2.05, 4.69) is 0 Å². The molecule has 1 amide bonds. The number of carbonyl (C=O) groups excluding carboxylic acids is 1. The smallest absolute Gasteiger partial charge is 0.231 e. The predicted molar refractivity (Wildman–Crippen MR) is 104 cm³/mol. The Labute approximate surface area is 161 Å². The topological polar surface area (TPSA) is 72.9 Å². The second-order valence-corrected chi connectivity index (χ2v) is 11.3. The molecule has 0 aliphatic carbocycles. The number of nitrogens with zero attached hydrogens (tertiary/aromatic N) is 1. The lowest BCUT2D eigenvalue weighted by Gasteiger charge is -2.33. The van der Waals surface area contributed by atoms with Crippen molar-refractivity contribution in [1.82, 2.24) is 4.90 Å². The highest BCUT2D eigenvalue weighted by Gasteiger charge is 2.33. The summed E-state index contributed by atoms with van der Waals surface area (Å²) in [5, 5.41) is 0. The van der Waals surface area contributed by atoms with E-state index in [1.54, 1.807) is 20.8 Å². The van der Waals surface area contributed by atoms with Crippen LogP contribution in [0.25, 0.3) is 0 Å². The zero-order chi connectivity index (χ0) is 19.8. The van der Waals surface area contributed by atoms with Crippen molar-refractivity contribution in [3.8, 4) is 11.5 Å². The van der Waals surface area contributed by atoms with Gasteiger partial charge in [-0.2, -0.15) is 0 Å². The highest BCUT2D eigenvalue weighted by Crippen LogP contribution is 2.37. The largest absolute Gasteiger partial charge is 0.454 e. The summed E-state index contributed by atoms with van der Waals surface area (Å²) in [6.45, 7) is 8.63. The van der Waals surface area contributed by atoms with E-state index in [1.807, 2.05) is 24.0 Å². The average molecular weight is 396 g/mol. The van der Waals surface area contributed by atoms with Gasteiger partial charge in [-0.25, -0.2) is 8.42 Å². The number of fused-ring (bicyclic) bond motifs is 1. The third-order valence-electron chi connectivity index (χ3n) is 5.60. The van der Waals surface area contributed by atoms with Gasteiger partial charge in [0.15, 0.2) is 21.3 Å². The SMILES string of the molecule is Cc1c(CC(=O)N2CCC(CS(=O)(=O)C(C)(C)C)CC2)ccc2c1OCO2. The molecule has 3 rings (SSSR count). The van der Waals surface area contributed by atoms with Crippen LogP contribution in [0, 0.1) is 12.8 Å². The lowest BCUT2D eigenvalue weighted by Crippen LogP contribution is -2.42. The van der Waals surface area contributed by atoms with Crippen LogP contribution >= 0.6 is 0 Å². The van der Waals surface area contributed by atoms with Gasteiger partial charge in [0.1, 0.15) is 0 Å². The average Bonchev–Trinajstić information content (AvgIpc) is 3.06. The first-order valence-electron chi connectivity index (χ1n) is 9.46. The molecule has 0 atom stereocenters. The number of rotatable bonds is 4. The molecule has 2 aliphatic heterocycles. The van der Waals surface area contributed by atoms with Gasteiger partial charge in [0.05, 0.1) is 16.9 Å². The van der Waals surface area contributed by atoms with Gasteiger partial charge in [-0.05, 0) is 63.6 Å². The van der Waals surface area contributed by atoms with Crippen molar-refractivity contribution in [2.75, 3.05) is 25.6 Å². The fourth-order valence-electron chi connectivity index (χ4n) is 3.53. The zero-order valence-electron chi connectivity index (χ0n) is 16.6. The minimum atomic E-state index is -3.12. The second kappa shape index (κ2) is 7.34. The molecular formula is C20H29NO5S. The van der Waals surface area contributed by atoms with Crippen molar-refractivity contribution in [2.45, 2.75) is 51.7 Å². The van der Waals surface area contributed by atoms with Crippen molar-refractivity contribution in [3.05, 3.63) is 23.3 Å². The van der Waals surface area contributed by atoms with Gasteiger partial charge in [-0.3, -0.25) is 4.79 Å². The summed E-state index contributed by atoms with van der Waals surface area (Å²) in [4.78, 5) is 14.6. The van der Waals surface area contributed by atoms with E-state index in [0.717, 1.165) is 35.5 Å². The number of piperidine rings is 1. The molecule has 1 fully saturated rings. The molecule has 0 spiro atoms. The Kier molecular flexibility index (Phi) is 5.43. The maximum Gasteiger partial charge on any atom is 0.231 e. The highest BCUT2D eigenvalue weighted by atomic mass is 32.2. The molecule has 150 valence electrons. The molecule has 1 aromatic carbocycles. The molecule has 0 bridgehead atoms. The number of benzene rings is 1. The van der Waals surface area contributed by atoms with E-state index in [0.29, 0.717) is 19.5 Å². The van der Waals surface area contributed by atoms with Gasteiger partial charge >= 0.3 is 0 Å². The minimum Gasteiger partial charge on any atom is -0.454 e. The van der Waals surface area contributed by atoms with Crippen molar-refractivity contribution >= 4 is 15.7 Å². The van der Waals surface area contributed by atoms with E-state index < -0.39 is 14.6 Å². The van der Waals surface area contributed by atoms with Crippen LogP contribution in [-0.4, -0.2) is 49.6 Å². The Balaban J connectivity index is 1.57. The van der Waals surface area contributed by atoms with Gasteiger partial charge < -0.3 is 14.4 Å². The van der Waals surface area contributed by atoms with Crippen molar-refractivity contribution < 1.29 is 22.7 Å². The lowest BCUT2D eigenvalue weighted by atomic mass is 9.97. The van der Waals surface area contributed by atoms with Gasteiger partial charge in [-0.1, -0.05) is 6.07 Å². The number of hydrogen-bond donors (Lipinski definition) is 0. The Hall–Kier alpha value is -1.76. The summed E-state index contributed by atoms with van der Waals surface area (Å²) in [7, 11) is -3.12. The summed E-state index contributed by atoms with van der Waals surface area (Å²) in [5.74, 6) is 1.87. The standard InChI is InChI=1S/C20H29NO5S/c1-14-16(5-6-17-19(14)26-13-25-17)11-18(22)21-9-7-15(8-10-21)12-27(23,24)20(2,3)4/h5-6,15H,7-13H2,1-4H3. The first-order valence-corrected chi connectivity index (χ1v) is 11.1. The quantitative estimate of drug-likeness (QED) is 0.784. The summed E-state index contributed by atoms with van der Waals surface area (Å²) >= 11 is 0. The van der Waals surface area contributed by atoms with Crippen LogP contribution in [0.3, 0.4) is 0 Å². The lowest BCUT2D eigenvalue weighted by molar-refractivity contribution is -0.131. The maximum absolute atomic E-state index is 12.7. The van der Waals surface area contributed by atoms with Crippen LogP contribution in [0.4, 0.5) is 0 Å². The third-order valence-corrected chi connectivity index (χ3v) is 8.37. The molecule has 1 saturated heterocycles. The van der Waals surface area contributed by atoms with Crippen molar-refractivity contribution in [1.29, 1.82) is 0 Å². The number of ether oxygens (including phenoxy) is 2. The van der Waals surface area contributed by atoms with Gasteiger partial charge in [0.25, 0.3) is 0 Å². The fraction of sp³-hybridized carbons (Fsp3) is 0.650. The first-order chi connectivity index (χ1) is 12.6. The molecule has 2 aliphatic rings. The molecule has 0 unspecified atom stereocenters. The van der Waals surface area contributed by atoms with Crippen LogP contribution in [0.5, 0.6) is 11.5 Å². The van der Waals surface area contributed by atoms with E-state index in [-0.39, 0.29) is 24.4 Å². The summed E-state index contributed by atoms with van der Waals surface area (Å²) in [6.07, 6.45) is 1.80. The fourth-order valence-corrected chi connectivity index (χ4v) is 4.98.